The molecule has 168 valence electrons. The maximum atomic E-state index is 13.3. The molecular weight excluding hydrogens is 396 g/mol. The SMILES string of the molecule is CCN(C(=O)[C@@H](C)Nc1ccc(N2CC[NH+](CC)CC2)cc1)c1cccc2ccccc12. The lowest BCUT2D eigenvalue weighted by atomic mass is 10.1. The number of carbonyl (C=O) groups is 1. The second kappa shape index (κ2) is 10.0. The number of fused-ring (bicyclic) bond motifs is 1. The summed E-state index contributed by atoms with van der Waals surface area (Å²) in [5.41, 5.74) is 3.20. The van der Waals surface area contributed by atoms with E-state index in [1.165, 1.54) is 25.3 Å². The fourth-order valence-electron chi connectivity index (χ4n) is 4.64. The van der Waals surface area contributed by atoms with Crippen LogP contribution in [-0.2, 0) is 4.79 Å². The Morgan fingerprint density at radius 1 is 1.00 bits per heavy atom. The molecule has 1 saturated heterocycles. The van der Waals surface area contributed by atoms with Gasteiger partial charge in [-0.05, 0) is 56.5 Å². The van der Waals surface area contributed by atoms with E-state index >= 15 is 0 Å². The Hall–Kier alpha value is -3.05. The van der Waals surface area contributed by atoms with Crippen molar-refractivity contribution in [3.63, 3.8) is 0 Å². The molecule has 3 aromatic rings. The third-order valence-corrected chi connectivity index (χ3v) is 6.60. The van der Waals surface area contributed by atoms with E-state index in [9.17, 15) is 4.79 Å². The summed E-state index contributed by atoms with van der Waals surface area (Å²) in [6.45, 7) is 12.7. The van der Waals surface area contributed by atoms with Crippen molar-refractivity contribution in [3.8, 4) is 0 Å². The Labute approximate surface area is 191 Å². The smallest absolute Gasteiger partial charge is 0.249 e. The summed E-state index contributed by atoms with van der Waals surface area (Å²) in [6.07, 6.45) is 0. The van der Waals surface area contributed by atoms with E-state index in [1.807, 2.05) is 43.0 Å². The average Bonchev–Trinajstić information content (AvgIpc) is 2.85. The van der Waals surface area contributed by atoms with Crippen LogP contribution in [0.25, 0.3) is 10.8 Å². The van der Waals surface area contributed by atoms with Gasteiger partial charge in [-0.3, -0.25) is 4.79 Å². The normalized spacial score (nSPS) is 15.5. The molecular formula is C27H35N4O+. The van der Waals surface area contributed by atoms with Gasteiger partial charge in [0.1, 0.15) is 6.04 Å². The van der Waals surface area contributed by atoms with Gasteiger partial charge in [0.15, 0.2) is 0 Å². The van der Waals surface area contributed by atoms with Gasteiger partial charge in [-0.1, -0.05) is 36.4 Å². The molecule has 4 rings (SSSR count). The number of quaternary nitrogens is 1. The van der Waals surface area contributed by atoms with Crippen molar-refractivity contribution in [2.45, 2.75) is 26.8 Å². The number of likely N-dealkylation sites (N-methyl/N-ethyl adjacent to an activating group) is 2. The van der Waals surface area contributed by atoms with Gasteiger partial charge in [0.2, 0.25) is 5.91 Å². The Kier molecular flexibility index (Phi) is 6.96. The van der Waals surface area contributed by atoms with Crippen molar-refractivity contribution in [1.82, 2.24) is 0 Å². The lowest BCUT2D eigenvalue weighted by Crippen LogP contribution is -3.14. The molecule has 0 saturated carbocycles. The van der Waals surface area contributed by atoms with Crippen molar-refractivity contribution in [2.24, 2.45) is 0 Å². The van der Waals surface area contributed by atoms with Gasteiger partial charge in [0.05, 0.1) is 38.4 Å². The van der Waals surface area contributed by atoms with E-state index in [-0.39, 0.29) is 11.9 Å². The van der Waals surface area contributed by atoms with E-state index in [4.69, 9.17) is 0 Å². The maximum absolute atomic E-state index is 13.3. The molecule has 1 heterocycles. The Morgan fingerprint density at radius 2 is 1.69 bits per heavy atom. The molecule has 0 bridgehead atoms. The Bertz CT molecular complexity index is 1040. The van der Waals surface area contributed by atoms with Crippen LogP contribution < -0.4 is 20.0 Å². The monoisotopic (exact) mass is 431 g/mol. The summed E-state index contributed by atoms with van der Waals surface area (Å²) in [5.74, 6) is 0.0755. The minimum absolute atomic E-state index is 0.0755. The summed E-state index contributed by atoms with van der Waals surface area (Å²) in [6, 6.07) is 22.6. The zero-order chi connectivity index (χ0) is 22.5. The van der Waals surface area contributed by atoms with Gasteiger partial charge in [-0.15, -0.1) is 0 Å². The minimum Gasteiger partial charge on any atom is -0.374 e. The van der Waals surface area contributed by atoms with Crippen LogP contribution in [0.2, 0.25) is 0 Å². The highest BCUT2D eigenvalue weighted by molar-refractivity contribution is 6.06. The van der Waals surface area contributed by atoms with Crippen molar-refractivity contribution < 1.29 is 9.69 Å². The van der Waals surface area contributed by atoms with Crippen LogP contribution in [0, 0.1) is 0 Å². The van der Waals surface area contributed by atoms with E-state index in [2.05, 4.69) is 59.6 Å². The van der Waals surface area contributed by atoms with Crippen molar-refractivity contribution in [2.75, 3.05) is 54.4 Å². The Balaban J connectivity index is 1.43. The summed E-state index contributed by atoms with van der Waals surface area (Å²) in [7, 11) is 0. The Morgan fingerprint density at radius 3 is 2.38 bits per heavy atom. The number of nitrogens with zero attached hydrogens (tertiary/aromatic N) is 2. The molecule has 1 fully saturated rings. The van der Waals surface area contributed by atoms with E-state index in [0.717, 1.165) is 35.2 Å². The van der Waals surface area contributed by atoms with Gasteiger partial charge in [0.25, 0.3) is 0 Å². The number of anilines is 3. The molecule has 0 spiro atoms. The van der Waals surface area contributed by atoms with Gasteiger partial charge < -0.3 is 20.0 Å². The van der Waals surface area contributed by atoms with Crippen LogP contribution in [-0.4, -0.2) is 51.2 Å². The molecule has 0 radical (unpaired) electrons. The highest BCUT2D eigenvalue weighted by Crippen LogP contribution is 2.27. The average molecular weight is 432 g/mol. The fraction of sp³-hybridized carbons (Fsp3) is 0.370. The van der Waals surface area contributed by atoms with Gasteiger partial charge in [0, 0.05) is 23.3 Å². The molecule has 1 atom stereocenters. The number of rotatable bonds is 7. The fourth-order valence-corrected chi connectivity index (χ4v) is 4.64. The molecule has 32 heavy (non-hydrogen) atoms. The number of amides is 1. The zero-order valence-corrected chi connectivity index (χ0v) is 19.5. The van der Waals surface area contributed by atoms with Crippen molar-refractivity contribution in [3.05, 3.63) is 66.7 Å². The highest BCUT2D eigenvalue weighted by atomic mass is 16.2. The number of hydrogen-bond donors (Lipinski definition) is 2. The molecule has 5 nitrogen and oxygen atoms in total. The number of benzene rings is 3. The number of piperazine rings is 1. The van der Waals surface area contributed by atoms with E-state index in [0.29, 0.717) is 6.54 Å². The zero-order valence-electron chi connectivity index (χ0n) is 19.5. The quantitative estimate of drug-likeness (QED) is 0.602. The molecule has 3 aromatic carbocycles. The largest absolute Gasteiger partial charge is 0.374 e. The molecule has 5 heteroatoms. The van der Waals surface area contributed by atoms with E-state index in [1.54, 1.807) is 4.90 Å². The summed E-state index contributed by atoms with van der Waals surface area (Å²) < 4.78 is 0. The number of nitrogens with one attached hydrogen (secondary N) is 2. The molecule has 2 N–H and O–H groups in total. The standard InChI is InChI=1S/C27H34N4O/c1-4-29-17-19-30(20-18-29)24-15-13-23(14-16-24)28-21(3)27(32)31(5-2)26-12-8-10-22-9-6-7-11-25(22)26/h6-16,21,28H,4-5,17-20H2,1-3H3/p+1/t21-/m1/s1. The van der Waals surface area contributed by atoms with Gasteiger partial charge >= 0.3 is 0 Å². The van der Waals surface area contributed by atoms with Crippen molar-refractivity contribution >= 4 is 33.7 Å². The lowest BCUT2D eigenvalue weighted by molar-refractivity contribution is -0.898. The topological polar surface area (TPSA) is 40.0 Å². The van der Waals surface area contributed by atoms with E-state index < -0.39 is 0 Å². The molecule has 1 amide bonds. The lowest BCUT2D eigenvalue weighted by Gasteiger charge is -2.33. The summed E-state index contributed by atoms with van der Waals surface area (Å²) in [4.78, 5) is 19.4. The number of hydrogen-bond acceptors (Lipinski definition) is 3. The number of carbonyl (C=O) groups excluding carboxylic acids is 1. The van der Waals surface area contributed by atoms with Crippen molar-refractivity contribution in [1.29, 1.82) is 0 Å². The summed E-state index contributed by atoms with van der Waals surface area (Å²) in [5, 5.41) is 5.66. The van der Waals surface area contributed by atoms with Crippen LogP contribution in [0.4, 0.5) is 17.1 Å². The first-order valence-corrected chi connectivity index (χ1v) is 11.8. The maximum Gasteiger partial charge on any atom is 0.249 e. The predicted octanol–water partition coefficient (Wildman–Crippen LogP) is 3.42. The van der Waals surface area contributed by atoms with Gasteiger partial charge in [-0.25, -0.2) is 0 Å². The van der Waals surface area contributed by atoms with Crippen LogP contribution >= 0.6 is 0 Å². The summed E-state index contributed by atoms with van der Waals surface area (Å²) >= 11 is 0. The molecule has 0 aromatic heterocycles. The van der Waals surface area contributed by atoms with Crippen LogP contribution in [0.15, 0.2) is 66.7 Å². The first-order valence-electron chi connectivity index (χ1n) is 11.8. The molecule has 0 unspecified atom stereocenters. The third kappa shape index (κ3) is 4.73. The minimum atomic E-state index is -0.323. The van der Waals surface area contributed by atoms with Crippen LogP contribution in [0.5, 0.6) is 0 Å². The van der Waals surface area contributed by atoms with Crippen LogP contribution in [0.3, 0.4) is 0 Å². The molecule has 1 aliphatic heterocycles. The second-order valence-corrected chi connectivity index (χ2v) is 8.58. The van der Waals surface area contributed by atoms with Crippen LogP contribution in [0.1, 0.15) is 20.8 Å². The molecule has 1 aliphatic rings. The first-order chi connectivity index (χ1) is 15.6. The third-order valence-electron chi connectivity index (χ3n) is 6.60. The second-order valence-electron chi connectivity index (χ2n) is 8.58. The predicted molar refractivity (Wildman–Crippen MR) is 135 cm³/mol. The highest BCUT2D eigenvalue weighted by Gasteiger charge is 2.22. The van der Waals surface area contributed by atoms with Gasteiger partial charge in [-0.2, -0.15) is 0 Å². The first kappa shape index (κ1) is 22.2. The molecule has 0 aliphatic carbocycles.